The van der Waals surface area contributed by atoms with Crippen molar-refractivity contribution >= 4 is 11.6 Å². The van der Waals surface area contributed by atoms with Gasteiger partial charge in [0.05, 0.1) is 12.7 Å². The van der Waals surface area contributed by atoms with Gasteiger partial charge in [-0.15, -0.1) is 0 Å². The summed E-state index contributed by atoms with van der Waals surface area (Å²) in [6.45, 7) is 8.78. The van der Waals surface area contributed by atoms with Gasteiger partial charge < -0.3 is 14.8 Å². The van der Waals surface area contributed by atoms with Crippen LogP contribution < -0.4 is 10.1 Å². The molecule has 1 aliphatic heterocycles. The molecule has 0 fully saturated rings. The normalized spacial score (nSPS) is 16.4. The summed E-state index contributed by atoms with van der Waals surface area (Å²) < 4.78 is 11.7. The van der Waals surface area contributed by atoms with Gasteiger partial charge in [-0.2, -0.15) is 0 Å². The first-order chi connectivity index (χ1) is 10.2. The zero-order chi connectivity index (χ0) is 15.2. The lowest BCUT2D eigenvalue weighted by Gasteiger charge is -2.27. The Morgan fingerprint density at radius 1 is 1.33 bits per heavy atom. The SMILES string of the molecule is CCNC(Cc1cc(Cl)cc2c1OCC2)C(CC)OCC. The molecular weight excluding hydrogens is 286 g/mol. The number of fused-ring (bicyclic) bond motifs is 1. The van der Waals surface area contributed by atoms with Crippen LogP contribution in [0.2, 0.25) is 5.02 Å². The van der Waals surface area contributed by atoms with Crippen molar-refractivity contribution in [3.8, 4) is 5.75 Å². The van der Waals surface area contributed by atoms with E-state index in [0.717, 1.165) is 49.8 Å². The molecule has 1 aromatic rings. The van der Waals surface area contributed by atoms with Crippen LogP contribution in [0.1, 0.15) is 38.3 Å². The lowest BCUT2D eigenvalue weighted by Crippen LogP contribution is -2.42. The minimum atomic E-state index is 0.214. The van der Waals surface area contributed by atoms with Crippen LogP contribution in [0.15, 0.2) is 12.1 Å². The maximum atomic E-state index is 6.26. The number of hydrogen-bond donors (Lipinski definition) is 1. The van der Waals surface area contributed by atoms with Crippen molar-refractivity contribution in [1.82, 2.24) is 5.32 Å². The van der Waals surface area contributed by atoms with Crippen LogP contribution in [0.25, 0.3) is 0 Å². The van der Waals surface area contributed by atoms with Gasteiger partial charge in [0.2, 0.25) is 0 Å². The van der Waals surface area contributed by atoms with Crippen LogP contribution in [0, 0.1) is 0 Å². The first-order valence-corrected chi connectivity index (χ1v) is 8.36. The molecule has 1 aromatic carbocycles. The molecule has 0 aromatic heterocycles. The zero-order valence-electron chi connectivity index (χ0n) is 13.2. The first kappa shape index (κ1) is 16.6. The van der Waals surface area contributed by atoms with Crippen molar-refractivity contribution in [1.29, 1.82) is 0 Å². The van der Waals surface area contributed by atoms with E-state index in [1.807, 2.05) is 19.1 Å². The fourth-order valence-electron chi connectivity index (χ4n) is 3.06. The topological polar surface area (TPSA) is 30.5 Å². The number of hydrogen-bond acceptors (Lipinski definition) is 3. The second kappa shape index (κ2) is 8.02. The Hall–Kier alpha value is -0.770. The van der Waals surface area contributed by atoms with Gasteiger partial charge in [0, 0.05) is 24.1 Å². The van der Waals surface area contributed by atoms with Crippen LogP contribution in [-0.4, -0.2) is 31.9 Å². The predicted molar refractivity (Wildman–Crippen MR) is 87.5 cm³/mol. The van der Waals surface area contributed by atoms with Gasteiger partial charge in [-0.25, -0.2) is 0 Å². The smallest absolute Gasteiger partial charge is 0.125 e. The van der Waals surface area contributed by atoms with E-state index < -0.39 is 0 Å². The molecule has 1 heterocycles. The van der Waals surface area contributed by atoms with Gasteiger partial charge in [0.1, 0.15) is 5.75 Å². The number of likely N-dealkylation sites (N-methyl/N-ethyl adjacent to an activating group) is 1. The van der Waals surface area contributed by atoms with Gasteiger partial charge in [-0.05, 0) is 49.6 Å². The number of halogens is 1. The van der Waals surface area contributed by atoms with Gasteiger partial charge in [0.25, 0.3) is 0 Å². The first-order valence-electron chi connectivity index (χ1n) is 7.98. The second-order valence-electron chi connectivity index (χ2n) is 5.42. The molecule has 3 nitrogen and oxygen atoms in total. The van der Waals surface area contributed by atoms with E-state index in [2.05, 4.69) is 19.2 Å². The van der Waals surface area contributed by atoms with Crippen molar-refractivity contribution in [2.45, 2.75) is 52.2 Å². The van der Waals surface area contributed by atoms with Crippen LogP contribution in [0.4, 0.5) is 0 Å². The lowest BCUT2D eigenvalue weighted by molar-refractivity contribution is 0.0322. The molecule has 2 rings (SSSR count). The number of nitrogens with one attached hydrogen (secondary N) is 1. The average Bonchev–Trinajstić information content (AvgIpc) is 2.92. The molecule has 0 spiro atoms. The third kappa shape index (κ3) is 4.12. The summed E-state index contributed by atoms with van der Waals surface area (Å²) in [4.78, 5) is 0. The number of benzene rings is 1. The third-order valence-electron chi connectivity index (χ3n) is 3.96. The highest BCUT2D eigenvalue weighted by molar-refractivity contribution is 6.30. The highest BCUT2D eigenvalue weighted by atomic mass is 35.5. The van der Waals surface area contributed by atoms with Crippen molar-refractivity contribution < 1.29 is 9.47 Å². The van der Waals surface area contributed by atoms with Crippen molar-refractivity contribution in [2.24, 2.45) is 0 Å². The fourth-order valence-corrected chi connectivity index (χ4v) is 3.33. The van der Waals surface area contributed by atoms with Crippen LogP contribution in [-0.2, 0) is 17.6 Å². The zero-order valence-corrected chi connectivity index (χ0v) is 14.0. The molecule has 0 aliphatic carbocycles. The predicted octanol–water partition coefficient (Wildman–Crippen LogP) is 3.61. The molecule has 0 saturated heterocycles. The largest absolute Gasteiger partial charge is 0.493 e. The summed E-state index contributed by atoms with van der Waals surface area (Å²) in [5.41, 5.74) is 2.43. The van der Waals surface area contributed by atoms with E-state index >= 15 is 0 Å². The highest BCUT2D eigenvalue weighted by Gasteiger charge is 2.24. The van der Waals surface area contributed by atoms with E-state index in [9.17, 15) is 0 Å². The van der Waals surface area contributed by atoms with Crippen LogP contribution >= 0.6 is 11.6 Å². The van der Waals surface area contributed by atoms with Gasteiger partial charge in [-0.3, -0.25) is 0 Å². The molecule has 2 atom stereocenters. The van der Waals surface area contributed by atoms with Crippen molar-refractivity contribution in [3.63, 3.8) is 0 Å². The molecule has 1 aliphatic rings. The van der Waals surface area contributed by atoms with Crippen LogP contribution in [0.3, 0.4) is 0 Å². The monoisotopic (exact) mass is 311 g/mol. The number of ether oxygens (including phenoxy) is 2. The molecule has 0 bridgehead atoms. The molecule has 118 valence electrons. The molecule has 2 unspecified atom stereocenters. The Labute approximate surface area is 133 Å². The highest BCUT2D eigenvalue weighted by Crippen LogP contribution is 2.34. The Balaban J connectivity index is 2.20. The summed E-state index contributed by atoms with van der Waals surface area (Å²) in [6, 6.07) is 4.34. The van der Waals surface area contributed by atoms with E-state index in [-0.39, 0.29) is 12.1 Å². The minimum absolute atomic E-state index is 0.214. The summed E-state index contributed by atoms with van der Waals surface area (Å²) in [5.74, 6) is 1.04. The molecular formula is C17H26ClNO2. The van der Waals surface area contributed by atoms with Gasteiger partial charge >= 0.3 is 0 Å². The standard InChI is InChI=1S/C17H26ClNO2/c1-4-16(20-6-3)15(19-5-2)11-13-10-14(18)9-12-7-8-21-17(12)13/h9-10,15-16,19H,4-8,11H2,1-3H3. The summed E-state index contributed by atoms with van der Waals surface area (Å²) in [6.07, 6.45) is 3.05. The summed E-state index contributed by atoms with van der Waals surface area (Å²) in [5, 5.41) is 4.35. The molecule has 21 heavy (non-hydrogen) atoms. The molecule has 0 radical (unpaired) electrons. The van der Waals surface area contributed by atoms with Crippen LogP contribution in [0.5, 0.6) is 5.75 Å². The van der Waals surface area contributed by atoms with E-state index in [0.29, 0.717) is 0 Å². The maximum absolute atomic E-state index is 6.26. The van der Waals surface area contributed by atoms with E-state index in [1.54, 1.807) is 0 Å². The summed E-state index contributed by atoms with van der Waals surface area (Å²) >= 11 is 6.26. The lowest BCUT2D eigenvalue weighted by atomic mass is 9.97. The van der Waals surface area contributed by atoms with E-state index in [1.165, 1.54) is 11.1 Å². The number of rotatable bonds is 8. The Morgan fingerprint density at radius 3 is 2.81 bits per heavy atom. The average molecular weight is 312 g/mol. The van der Waals surface area contributed by atoms with E-state index in [4.69, 9.17) is 21.1 Å². The van der Waals surface area contributed by atoms with Gasteiger partial charge in [0.15, 0.2) is 0 Å². The third-order valence-corrected chi connectivity index (χ3v) is 4.18. The Morgan fingerprint density at radius 2 is 2.14 bits per heavy atom. The minimum Gasteiger partial charge on any atom is -0.493 e. The summed E-state index contributed by atoms with van der Waals surface area (Å²) in [7, 11) is 0. The van der Waals surface area contributed by atoms with Crippen molar-refractivity contribution in [2.75, 3.05) is 19.8 Å². The quantitative estimate of drug-likeness (QED) is 0.795. The maximum Gasteiger partial charge on any atom is 0.125 e. The second-order valence-corrected chi connectivity index (χ2v) is 5.86. The fraction of sp³-hybridized carbons (Fsp3) is 0.647. The van der Waals surface area contributed by atoms with Crippen molar-refractivity contribution in [3.05, 3.63) is 28.3 Å². The molecule has 4 heteroatoms. The Kier molecular flexibility index (Phi) is 6.34. The van der Waals surface area contributed by atoms with Gasteiger partial charge in [-0.1, -0.05) is 25.4 Å². The molecule has 0 amide bonds. The molecule has 0 saturated carbocycles. The molecule has 1 N–H and O–H groups in total. The Bertz CT molecular complexity index is 464.